The van der Waals surface area contributed by atoms with Crippen molar-refractivity contribution in [3.8, 4) is 5.75 Å². The Morgan fingerprint density at radius 1 is 1.17 bits per heavy atom. The molecule has 0 aromatic heterocycles. The zero-order chi connectivity index (χ0) is 14.1. The van der Waals surface area contributed by atoms with Gasteiger partial charge in [0.05, 0.1) is 0 Å². The average molecular weight is 268 g/mol. The first-order chi connectivity index (χ1) is 8.11. The Balaban J connectivity index is 3.20. The molecule has 1 aromatic carbocycles. The van der Waals surface area contributed by atoms with Gasteiger partial charge in [-0.3, -0.25) is 0 Å². The van der Waals surface area contributed by atoms with E-state index in [0.29, 0.717) is 24.1 Å². The molecule has 6 heteroatoms. The molecule has 0 aliphatic rings. The van der Waals surface area contributed by atoms with Crippen LogP contribution in [-0.4, -0.2) is 11.3 Å². The first kappa shape index (κ1) is 14.7. The van der Waals surface area contributed by atoms with Gasteiger partial charge in [0, 0.05) is 5.56 Å². The van der Waals surface area contributed by atoms with Gasteiger partial charge >= 0.3 is 12.1 Å². The summed E-state index contributed by atoms with van der Waals surface area (Å²) in [5.74, 6) is -5.61. The van der Waals surface area contributed by atoms with Crippen molar-refractivity contribution in [1.29, 1.82) is 0 Å². The second kappa shape index (κ2) is 4.74. The lowest BCUT2D eigenvalue weighted by Crippen LogP contribution is -2.33. The van der Waals surface area contributed by atoms with E-state index in [1.807, 2.05) is 6.92 Å². The number of hydrogen-bond acceptors (Lipinski definition) is 1. The minimum absolute atomic E-state index is 0.112. The lowest BCUT2D eigenvalue weighted by atomic mass is 9.95. The Labute approximate surface area is 101 Å². The van der Waals surface area contributed by atoms with Gasteiger partial charge in [-0.05, 0) is 24.0 Å². The monoisotopic (exact) mass is 268 g/mol. The fourth-order valence-electron chi connectivity index (χ4n) is 1.54. The summed E-state index contributed by atoms with van der Waals surface area (Å²) in [6.45, 7) is 3.57. The van der Waals surface area contributed by atoms with E-state index in [1.165, 1.54) is 0 Å². The topological polar surface area (TPSA) is 20.2 Å². The molecule has 1 aromatic rings. The minimum atomic E-state index is -5.67. The molecule has 1 atom stereocenters. The molecular formula is C12H13F5O. The van der Waals surface area contributed by atoms with E-state index in [0.717, 1.165) is 6.07 Å². The summed E-state index contributed by atoms with van der Waals surface area (Å²) >= 11 is 0. The van der Waals surface area contributed by atoms with Gasteiger partial charge in [0.1, 0.15) is 5.75 Å². The third kappa shape index (κ3) is 2.57. The van der Waals surface area contributed by atoms with Gasteiger partial charge in [-0.2, -0.15) is 22.0 Å². The largest absolute Gasteiger partial charge is 0.508 e. The van der Waals surface area contributed by atoms with Crippen LogP contribution in [-0.2, 0) is 5.92 Å². The van der Waals surface area contributed by atoms with Crippen molar-refractivity contribution >= 4 is 0 Å². The molecular weight excluding hydrogens is 255 g/mol. The molecule has 0 radical (unpaired) electrons. The molecule has 1 nitrogen and oxygen atoms in total. The zero-order valence-electron chi connectivity index (χ0n) is 9.85. The van der Waals surface area contributed by atoms with Crippen molar-refractivity contribution in [3.63, 3.8) is 0 Å². The van der Waals surface area contributed by atoms with E-state index in [1.54, 1.807) is 6.92 Å². The van der Waals surface area contributed by atoms with Crippen LogP contribution >= 0.6 is 0 Å². The number of benzene rings is 1. The molecule has 0 heterocycles. The van der Waals surface area contributed by atoms with E-state index < -0.39 is 23.4 Å². The van der Waals surface area contributed by atoms with Crippen molar-refractivity contribution in [2.45, 2.75) is 38.3 Å². The summed E-state index contributed by atoms with van der Waals surface area (Å²) in [6.07, 6.45) is -5.03. The van der Waals surface area contributed by atoms with Gasteiger partial charge in [-0.25, -0.2) is 0 Å². The van der Waals surface area contributed by atoms with Crippen LogP contribution in [0.5, 0.6) is 5.75 Å². The minimum Gasteiger partial charge on any atom is -0.508 e. The van der Waals surface area contributed by atoms with E-state index in [4.69, 9.17) is 0 Å². The molecule has 0 saturated carbocycles. The number of phenols is 1. The number of rotatable bonds is 3. The van der Waals surface area contributed by atoms with Crippen molar-refractivity contribution in [2.75, 3.05) is 0 Å². The van der Waals surface area contributed by atoms with Crippen molar-refractivity contribution in [2.24, 2.45) is 0 Å². The molecule has 0 bridgehead atoms. The van der Waals surface area contributed by atoms with Crippen LogP contribution in [0.2, 0.25) is 0 Å². The van der Waals surface area contributed by atoms with E-state index in [9.17, 15) is 27.1 Å². The number of hydrogen-bond donors (Lipinski definition) is 1. The maximum atomic E-state index is 13.0. The second-order valence-corrected chi connectivity index (χ2v) is 4.16. The van der Waals surface area contributed by atoms with Crippen LogP contribution in [0.1, 0.15) is 37.3 Å². The van der Waals surface area contributed by atoms with Gasteiger partial charge in [0.25, 0.3) is 0 Å². The molecule has 0 aliphatic heterocycles. The van der Waals surface area contributed by atoms with Crippen molar-refractivity contribution in [1.82, 2.24) is 0 Å². The smallest absolute Gasteiger partial charge is 0.458 e. The molecule has 1 rings (SSSR count). The van der Waals surface area contributed by atoms with Gasteiger partial charge in [-0.15, -0.1) is 0 Å². The summed E-state index contributed by atoms with van der Waals surface area (Å²) in [7, 11) is 0. The molecule has 0 amide bonds. The fraction of sp³-hybridized carbons (Fsp3) is 0.500. The third-order valence-corrected chi connectivity index (χ3v) is 2.89. The normalized spacial score (nSPS) is 14.6. The van der Waals surface area contributed by atoms with Crippen LogP contribution in [0.4, 0.5) is 22.0 Å². The predicted octanol–water partition coefficient (Wildman–Crippen LogP) is 4.56. The Kier molecular flexibility index (Phi) is 3.88. The van der Waals surface area contributed by atoms with E-state index in [-0.39, 0.29) is 5.92 Å². The third-order valence-electron chi connectivity index (χ3n) is 2.89. The van der Waals surface area contributed by atoms with Crippen molar-refractivity contribution < 1.29 is 27.1 Å². The Hall–Kier alpha value is -1.33. The van der Waals surface area contributed by atoms with Gasteiger partial charge in [0.2, 0.25) is 0 Å². The van der Waals surface area contributed by atoms with Crippen molar-refractivity contribution in [3.05, 3.63) is 29.3 Å². The molecule has 0 spiro atoms. The predicted molar refractivity (Wildman–Crippen MR) is 56.8 cm³/mol. The standard InChI is InChI=1S/C12H13F5O/c1-3-7(2)9-5-4-8(6-10(9)18)11(13,14)12(15,16)17/h4-7,18H,3H2,1-2H3. The van der Waals surface area contributed by atoms with Crippen LogP contribution in [0.3, 0.4) is 0 Å². The summed E-state index contributed by atoms with van der Waals surface area (Å²) in [5, 5.41) is 9.52. The molecule has 1 N–H and O–H groups in total. The number of phenolic OH excluding ortho intramolecular Hbond substituents is 1. The quantitative estimate of drug-likeness (QED) is 0.797. The van der Waals surface area contributed by atoms with Gasteiger partial charge < -0.3 is 5.11 Å². The highest BCUT2D eigenvalue weighted by Gasteiger charge is 2.58. The maximum Gasteiger partial charge on any atom is 0.458 e. The number of halogens is 5. The lowest BCUT2D eigenvalue weighted by Gasteiger charge is -2.21. The number of aromatic hydroxyl groups is 1. The van der Waals surface area contributed by atoms with E-state index >= 15 is 0 Å². The van der Waals surface area contributed by atoms with Gasteiger partial charge in [0.15, 0.2) is 0 Å². The molecule has 102 valence electrons. The molecule has 0 saturated heterocycles. The highest BCUT2D eigenvalue weighted by atomic mass is 19.4. The zero-order valence-corrected chi connectivity index (χ0v) is 9.85. The van der Waals surface area contributed by atoms with Crippen LogP contribution < -0.4 is 0 Å². The fourth-order valence-corrected chi connectivity index (χ4v) is 1.54. The van der Waals surface area contributed by atoms with Crippen LogP contribution in [0, 0.1) is 0 Å². The summed E-state index contributed by atoms with van der Waals surface area (Å²) in [6, 6.07) is 2.29. The first-order valence-corrected chi connectivity index (χ1v) is 5.39. The van der Waals surface area contributed by atoms with Crippen LogP contribution in [0.25, 0.3) is 0 Å². The average Bonchev–Trinajstić information content (AvgIpc) is 2.26. The highest BCUT2D eigenvalue weighted by molar-refractivity contribution is 5.40. The van der Waals surface area contributed by atoms with Gasteiger partial charge in [-0.1, -0.05) is 26.0 Å². The maximum absolute atomic E-state index is 13.0. The Morgan fingerprint density at radius 3 is 2.11 bits per heavy atom. The Morgan fingerprint density at radius 2 is 1.72 bits per heavy atom. The summed E-state index contributed by atoms with van der Waals surface area (Å²) in [4.78, 5) is 0. The summed E-state index contributed by atoms with van der Waals surface area (Å²) < 4.78 is 62.5. The lowest BCUT2D eigenvalue weighted by molar-refractivity contribution is -0.289. The highest BCUT2D eigenvalue weighted by Crippen LogP contribution is 2.45. The molecule has 18 heavy (non-hydrogen) atoms. The molecule has 1 unspecified atom stereocenters. The number of alkyl halides is 5. The van der Waals surface area contributed by atoms with E-state index in [2.05, 4.69) is 0 Å². The first-order valence-electron chi connectivity index (χ1n) is 5.39. The molecule has 0 fully saturated rings. The SMILES string of the molecule is CCC(C)c1ccc(C(F)(F)C(F)(F)F)cc1O. The second-order valence-electron chi connectivity index (χ2n) is 4.16. The molecule has 0 aliphatic carbocycles. The van der Waals surface area contributed by atoms with Crippen LogP contribution in [0.15, 0.2) is 18.2 Å². The summed E-state index contributed by atoms with van der Waals surface area (Å²) in [5.41, 5.74) is -0.890. The Bertz CT molecular complexity index is 425.